The van der Waals surface area contributed by atoms with Crippen molar-refractivity contribution >= 4 is 40.0 Å². The first-order valence-corrected chi connectivity index (χ1v) is 16.0. The number of hydrogen-bond acceptors (Lipinski definition) is 8. The second-order valence-corrected chi connectivity index (χ2v) is 13.4. The molecule has 10 nitrogen and oxygen atoms in total. The molecular formula is C33H38ClF4N7O3. The lowest BCUT2D eigenvalue weighted by atomic mass is 10.0. The minimum Gasteiger partial charge on any atom is -0.462 e. The largest absolute Gasteiger partial charge is 0.462 e. The van der Waals surface area contributed by atoms with Crippen molar-refractivity contribution in [2.45, 2.75) is 51.6 Å². The summed E-state index contributed by atoms with van der Waals surface area (Å²) in [5.41, 5.74) is 1.54. The van der Waals surface area contributed by atoms with Gasteiger partial charge in [0.2, 0.25) is 6.54 Å². The molecule has 1 atom stereocenters. The molecule has 3 heterocycles. The van der Waals surface area contributed by atoms with Gasteiger partial charge in [-0.3, -0.25) is 9.80 Å². The van der Waals surface area contributed by atoms with Gasteiger partial charge in [-0.2, -0.15) is 23.1 Å². The van der Waals surface area contributed by atoms with E-state index in [1.54, 1.807) is 31.7 Å². The van der Waals surface area contributed by atoms with Crippen LogP contribution in [-0.4, -0.2) is 103 Å². The number of ether oxygens (including phenoxy) is 2. The molecule has 48 heavy (non-hydrogen) atoms. The monoisotopic (exact) mass is 691 g/mol. The Hall–Kier alpha value is -4.09. The molecule has 2 aliphatic heterocycles. The van der Waals surface area contributed by atoms with Crippen molar-refractivity contribution in [2.24, 2.45) is 0 Å². The van der Waals surface area contributed by atoms with E-state index in [1.165, 1.54) is 13.1 Å². The van der Waals surface area contributed by atoms with E-state index in [0.29, 0.717) is 56.0 Å². The molecule has 0 N–H and O–H groups in total. The molecule has 3 aromatic rings. The molecule has 0 saturated carbocycles. The second kappa shape index (κ2) is 14.2. The second-order valence-electron chi connectivity index (χ2n) is 13.0. The third kappa shape index (κ3) is 8.30. The summed E-state index contributed by atoms with van der Waals surface area (Å²) in [5.74, 6) is 0.0587. The minimum absolute atomic E-state index is 0.00399. The summed E-state index contributed by atoms with van der Waals surface area (Å²) in [6.45, 7) is 13.6. The van der Waals surface area contributed by atoms with Gasteiger partial charge in [0.1, 0.15) is 29.9 Å². The Morgan fingerprint density at radius 2 is 1.90 bits per heavy atom. The number of fused-ring (bicyclic) bond motifs is 2. The molecule has 5 rings (SSSR count). The number of likely N-dealkylation sites (N-methyl/N-ethyl adjacent to an activating group) is 1. The molecule has 0 unspecified atom stereocenters. The third-order valence-electron chi connectivity index (χ3n) is 8.14. The van der Waals surface area contributed by atoms with Crippen LogP contribution in [0.3, 0.4) is 0 Å². The van der Waals surface area contributed by atoms with Crippen LogP contribution >= 0.6 is 11.6 Å². The molecule has 258 valence electrons. The number of benzene rings is 2. The Labute approximate surface area is 282 Å². The summed E-state index contributed by atoms with van der Waals surface area (Å²) in [6, 6.07) is 8.16. The highest BCUT2D eigenvalue weighted by molar-refractivity contribution is 6.36. The van der Waals surface area contributed by atoms with Crippen molar-refractivity contribution in [3.63, 3.8) is 0 Å². The third-order valence-corrected chi connectivity index (χ3v) is 8.51. The summed E-state index contributed by atoms with van der Waals surface area (Å²) in [4.78, 5) is 32.7. The molecular weight excluding hydrogens is 654 g/mol. The number of alkyl halides is 3. The SMILES string of the molecule is [C-]#[N+]C[C@H]1CN(c2nc(OCCN(C)CC(F)(F)F)nc3c2CCN(c2cccc4ccc(F)c(Cl)c24)C3)CCN1C(=O)OC(C)(C)C. The molecule has 1 amide bonds. The van der Waals surface area contributed by atoms with Gasteiger partial charge >= 0.3 is 18.3 Å². The summed E-state index contributed by atoms with van der Waals surface area (Å²) in [5, 5.41) is 1.40. The maximum atomic E-state index is 14.5. The van der Waals surface area contributed by atoms with Crippen molar-refractivity contribution in [3.05, 3.63) is 63.8 Å². The highest BCUT2D eigenvalue weighted by Crippen LogP contribution is 2.38. The van der Waals surface area contributed by atoms with Crippen LogP contribution in [0.15, 0.2) is 30.3 Å². The van der Waals surface area contributed by atoms with Gasteiger partial charge in [0, 0.05) is 49.4 Å². The van der Waals surface area contributed by atoms with Gasteiger partial charge < -0.3 is 24.1 Å². The maximum Gasteiger partial charge on any atom is 0.410 e. The quantitative estimate of drug-likeness (QED) is 0.204. The fourth-order valence-electron chi connectivity index (χ4n) is 6.02. The minimum atomic E-state index is -4.34. The van der Waals surface area contributed by atoms with E-state index < -0.39 is 36.3 Å². The number of amides is 1. The van der Waals surface area contributed by atoms with Crippen molar-refractivity contribution < 1.29 is 31.8 Å². The summed E-state index contributed by atoms with van der Waals surface area (Å²) in [6.07, 6.45) is -4.32. The van der Waals surface area contributed by atoms with E-state index in [2.05, 4.69) is 9.74 Å². The molecule has 2 aromatic carbocycles. The highest BCUT2D eigenvalue weighted by Gasteiger charge is 2.37. The van der Waals surface area contributed by atoms with Crippen molar-refractivity contribution in [1.82, 2.24) is 19.8 Å². The number of nitrogens with zero attached hydrogens (tertiary/aromatic N) is 7. The van der Waals surface area contributed by atoms with E-state index in [1.807, 2.05) is 23.1 Å². The molecule has 0 spiro atoms. The molecule has 0 radical (unpaired) electrons. The molecule has 0 aliphatic carbocycles. The number of halogens is 5. The first-order chi connectivity index (χ1) is 22.6. The fourth-order valence-corrected chi connectivity index (χ4v) is 6.29. The zero-order valence-electron chi connectivity index (χ0n) is 27.3. The average molecular weight is 692 g/mol. The lowest BCUT2D eigenvalue weighted by molar-refractivity contribution is -0.143. The standard InChI is InChI=1S/C33H38ClF4N7O3/c1-32(2,3)48-31(46)45-14-13-44(18-22(45)17-39-4)29-23-11-12-43(26-8-6-7-21-9-10-24(35)28(34)27(21)26)19-25(23)40-30(41-29)47-16-15-42(5)20-33(36,37)38/h6-10,22H,11-20H2,1-3,5H3/t22-/m0/s1. The summed E-state index contributed by atoms with van der Waals surface area (Å²) >= 11 is 6.45. The Morgan fingerprint density at radius 3 is 2.60 bits per heavy atom. The van der Waals surface area contributed by atoms with Crippen LogP contribution in [0.4, 0.5) is 33.9 Å². The number of aromatic nitrogens is 2. The smallest absolute Gasteiger partial charge is 0.410 e. The highest BCUT2D eigenvalue weighted by atomic mass is 35.5. The van der Waals surface area contributed by atoms with Gasteiger partial charge in [0.25, 0.3) is 0 Å². The number of rotatable bonds is 8. The van der Waals surface area contributed by atoms with Crippen LogP contribution < -0.4 is 14.5 Å². The van der Waals surface area contributed by atoms with Crippen LogP contribution in [0.1, 0.15) is 32.0 Å². The van der Waals surface area contributed by atoms with Crippen LogP contribution in [0.25, 0.3) is 15.6 Å². The predicted molar refractivity (Wildman–Crippen MR) is 175 cm³/mol. The Morgan fingerprint density at radius 1 is 1.12 bits per heavy atom. The van der Waals surface area contributed by atoms with Crippen molar-refractivity contribution in [3.8, 4) is 6.01 Å². The van der Waals surface area contributed by atoms with Crippen LogP contribution in [0.2, 0.25) is 5.02 Å². The molecule has 2 aliphatic rings. The number of hydrogen-bond donors (Lipinski definition) is 0. The lowest BCUT2D eigenvalue weighted by Gasteiger charge is -2.41. The van der Waals surface area contributed by atoms with E-state index in [4.69, 9.17) is 37.6 Å². The molecule has 1 saturated heterocycles. The van der Waals surface area contributed by atoms with E-state index in [-0.39, 0.29) is 30.7 Å². The van der Waals surface area contributed by atoms with E-state index >= 15 is 0 Å². The van der Waals surface area contributed by atoms with E-state index in [0.717, 1.165) is 21.5 Å². The number of carbonyl (C=O) groups excluding carboxylic acids is 1. The van der Waals surface area contributed by atoms with Crippen molar-refractivity contribution in [2.75, 3.05) is 69.3 Å². The Bertz CT molecular complexity index is 1690. The van der Waals surface area contributed by atoms with Gasteiger partial charge in [0.05, 0.1) is 23.8 Å². The normalized spacial score (nSPS) is 17.0. The summed E-state index contributed by atoms with van der Waals surface area (Å²) < 4.78 is 64.6. The fraction of sp³-hybridized carbons (Fsp3) is 0.515. The Kier molecular flexibility index (Phi) is 10.4. The van der Waals surface area contributed by atoms with Crippen LogP contribution in [0.5, 0.6) is 6.01 Å². The Balaban J connectivity index is 1.46. The number of carbonyl (C=O) groups is 1. The molecule has 1 aromatic heterocycles. The predicted octanol–water partition coefficient (Wildman–Crippen LogP) is 6.20. The lowest BCUT2D eigenvalue weighted by Crippen LogP contribution is -2.57. The maximum absolute atomic E-state index is 14.5. The molecule has 1 fully saturated rings. The molecule has 0 bridgehead atoms. The zero-order valence-corrected chi connectivity index (χ0v) is 28.0. The topological polar surface area (TPSA) is 78.6 Å². The first kappa shape index (κ1) is 35.2. The first-order valence-electron chi connectivity index (χ1n) is 15.6. The van der Waals surface area contributed by atoms with Crippen molar-refractivity contribution in [1.29, 1.82) is 0 Å². The van der Waals surface area contributed by atoms with Gasteiger partial charge in [0.15, 0.2) is 0 Å². The zero-order chi connectivity index (χ0) is 34.8. The number of anilines is 2. The van der Waals surface area contributed by atoms with Gasteiger partial charge in [-0.1, -0.05) is 29.8 Å². The van der Waals surface area contributed by atoms with Gasteiger partial charge in [-0.25, -0.2) is 15.8 Å². The molecule has 15 heteroatoms. The summed E-state index contributed by atoms with van der Waals surface area (Å²) in [7, 11) is 1.35. The van der Waals surface area contributed by atoms with Gasteiger partial charge in [-0.05, 0) is 51.8 Å². The van der Waals surface area contributed by atoms with Crippen LogP contribution in [0, 0.1) is 12.4 Å². The van der Waals surface area contributed by atoms with Gasteiger partial charge in [-0.15, -0.1) is 0 Å². The van der Waals surface area contributed by atoms with E-state index in [9.17, 15) is 22.4 Å². The average Bonchev–Trinajstić information content (AvgIpc) is 3.00. The number of piperazine rings is 1. The van der Waals surface area contributed by atoms with Crippen LogP contribution in [-0.2, 0) is 17.7 Å².